The number of imide groups is 1. The van der Waals surface area contributed by atoms with E-state index in [2.05, 4.69) is 15.7 Å². The number of furan rings is 2. The number of hydrogen-bond donors (Lipinski definition) is 2. The molecule has 0 aromatic carbocycles. The number of β-lactam (4-membered cyclic amide) rings is 1. The van der Waals surface area contributed by atoms with Crippen LogP contribution in [0.2, 0.25) is 0 Å². The minimum atomic E-state index is -1.35. The zero-order valence-corrected chi connectivity index (χ0v) is 24.8. The molecule has 14 nitrogen and oxygen atoms in total. The van der Waals surface area contributed by atoms with E-state index < -0.39 is 58.1 Å². The number of rotatable bonds is 8. The van der Waals surface area contributed by atoms with Crippen molar-refractivity contribution in [3.05, 3.63) is 48.3 Å². The smallest absolute Gasteiger partial charge is 0.548 e. The molecule has 0 saturated carbocycles. The normalized spacial score (nSPS) is 23.9. The minimum Gasteiger partial charge on any atom is -0.548 e. The molecule has 3 fully saturated rings. The van der Waals surface area contributed by atoms with E-state index in [1.54, 1.807) is 38.1 Å². The monoisotopic (exact) mass is 580 g/mol. The first-order chi connectivity index (χ1) is 18.6. The first-order valence-corrected chi connectivity index (χ1v) is 13.0. The van der Waals surface area contributed by atoms with E-state index in [1.807, 2.05) is 0 Å². The number of carbonyl (C=O) groups excluding carboxylic acids is 5. The molecule has 6 amide bonds. The van der Waals surface area contributed by atoms with Crippen LogP contribution in [0, 0.1) is 0 Å². The number of urea groups is 2. The van der Waals surface area contributed by atoms with E-state index in [1.165, 1.54) is 35.4 Å². The number of carboxylic acid groups (broad SMARTS) is 1. The van der Waals surface area contributed by atoms with Crippen LogP contribution in [0.25, 0.3) is 0 Å². The van der Waals surface area contributed by atoms with Crippen LogP contribution in [-0.4, -0.2) is 86.2 Å². The largest absolute Gasteiger partial charge is 1.00 e. The molecule has 4 atom stereocenters. The average Bonchev–Trinajstić information content (AvgIpc) is 3.67. The number of hydrazone groups is 1. The van der Waals surface area contributed by atoms with Crippen LogP contribution in [-0.2, 0) is 14.4 Å². The minimum absolute atomic E-state index is 0. The summed E-state index contributed by atoms with van der Waals surface area (Å²) in [6, 6.07) is 2.12. The van der Waals surface area contributed by atoms with Crippen molar-refractivity contribution in [1.29, 1.82) is 0 Å². The maximum Gasteiger partial charge on any atom is 1.00 e. The topological polar surface area (TPSA) is 181 Å². The van der Waals surface area contributed by atoms with E-state index in [-0.39, 0.29) is 54.8 Å². The molecule has 3 aliphatic rings. The molecular weight excluding hydrogens is 555 g/mol. The predicted octanol–water partition coefficient (Wildman–Crippen LogP) is -2.91. The Labute approximate surface area is 254 Å². The second-order valence-corrected chi connectivity index (χ2v) is 11.4. The quantitative estimate of drug-likeness (QED) is 0.188. The van der Waals surface area contributed by atoms with Gasteiger partial charge in [0.2, 0.25) is 11.8 Å². The van der Waals surface area contributed by atoms with Gasteiger partial charge in [-0.15, -0.1) is 11.8 Å². The number of carbonyl (C=O) groups is 5. The number of carboxylic acids is 1. The van der Waals surface area contributed by atoms with Gasteiger partial charge in [-0.2, -0.15) is 5.10 Å². The number of thioether (sulfide) groups is 1. The second-order valence-electron chi connectivity index (χ2n) is 9.66. The van der Waals surface area contributed by atoms with Gasteiger partial charge in [-0.3, -0.25) is 9.59 Å². The van der Waals surface area contributed by atoms with Crippen molar-refractivity contribution >= 4 is 47.8 Å². The van der Waals surface area contributed by atoms with Crippen molar-refractivity contribution in [1.82, 2.24) is 25.4 Å². The standard InChI is InChI=1S/C24H26N6O8S.Na/c1-24(2)18(21(33)34)30-19(32)17(20(30)39-24)27-16(31)11-14(15-6-4-10-38-15)26-22(35)28-7-8-29(23(28)36)25-12-13-5-3-9-37-13;/h3-6,9-10,12,14,17-18,20H,7-8,11H2,1-2H3,(H,26,35)(H,27,31)(H,33,34);/q;+1/p-1/t14?,17-,18+,20-;/m1./s1. The first kappa shape index (κ1) is 29.7. The van der Waals surface area contributed by atoms with Gasteiger partial charge in [-0.05, 0) is 38.1 Å². The molecule has 206 valence electrons. The van der Waals surface area contributed by atoms with Crippen LogP contribution in [0.1, 0.15) is 37.8 Å². The molecule has 0 radical (unpaired) electrons. The molecule has 16 heteroatoms. The number of hydrogen-bond acceptors (Lipinski definition) is 10. The summed E-state index contributed by atoms with van der Waals surface area (Å²) in [4.78, 5) is 65.1. The Hall–Kier alpha value is -3.27. The SMILES string of the molecule is CC1(C)S[C@@H]2[C@H](NC(=O)CC(NC(=O)N3CCN(N=Cc4ccco4)C3=O)c3ccco3)C(=O)N2[C@H]1C(=O)[O-].[Na+]. The number of fused-ring (bicyclic) bond motifs is 1. The Morgan fingerprint density at radius 1 is 1.20 bits per heavy atom. The van der Waals surface area contributed by atoms with Gasteiger partial charge in [0.25, 0.3) is 0 Å². The van der Waals surface area contributed by atoms with Gasteiger partial charge in [0.05, 0.1) is 56.3 Å². The van der Waals surface area contributed by atoms with Gasteiger partial charge in [0.15, 0.2) is 0 Å². The maximum atomic E-state index is 13.0. The Morgan fingerprint density at radius 3 is 2.58 bits per heavy atom. The number of aliphatic carboxylic acids is 1. The molecule has 3 saturated heterocycles. The molecular formula is C24H25N6NaO8S. The summed E-state index contributed by atoms with van der Waals surface area (Å²) >= 11 is 1.27. The molecule has 2 N–H and O–H groups in total. The number of amides is 6. The molecule has 0 bridgehead atoms. The Balaban J connectivity index is 0.00000370. The van der Waals surface area contributed by atoms with Crippen LogP contribution in [0.5, 0.6) is 0 Å². The van der Waals surface area contributed by atoms with Gasteiger partial charge in [-0.25, -0.2) is 19.5 Å². The van der Waals surface area contributed by atoms with Gasteiger partial charge < -0.3 is 34.3 Å². The van der Waals surface area contributed by atoms with Crippen LogP contribution in [0.4, 0.5) is 9.59 Å². The van der Waals surface area contributed by atoms with Crippen molar-refractivity contribution in [3.8, 4) is 0 Å². The Bertz CT molecular complexity index is 1320. The van der Waals surface area contributed by atoms with Crippen molar-refractivity contribution in [2.75, 3.05) is 13.1 Å². The average molecular weight is 581 g/mol. The third-order valence-corrected chi connectivity index (χ3v) is 8.23. The third-order valence-electron chi connectivity index (χ3n) is 6.65. The van der Waals surface area contributed by atoms with Crippen LogP contribution < -0.4 is 45.3 Å². The predicted molar refractivity (Wildman–Crippen MR) is 133 cm³/mol. The molecule has 40 heavy (non-hydrogen) atoms. The summed E-state index contributed by atoms with van der Waals surface area (Å²) < 4.78 is 9.75. The number of nitrogens with one attached hydrogen (secondary N) is 2. The van der Waals surface area contributed by atoms with E-state index in [9.17, 15) is 29.1 Å². The zero-order chi connectivity index (χ0) is 27.9. The first-order valence-electron chi connectivity index (χ1n) is 12.1. The molecule has 5 rings (SSSR count). The van der Waals surface area contributed by atoms with Crippen molar-refractivity contribution in [3.63, 3.8) is 0 Å². The third kappa shape index (κ3) is 5.64. The molecule has 2 aromatic heterocycles. The van der Waals surface area contributed by atoms with Crippen LogP contribution >= 0.6 is 11.8 Å². The zero-order valence-electron chi connectivity index (χ0n) is 21.9. The van der Waals surface area contributed by atoms with Gasteiger partial charge in [0.1, 0.15) is 22.9 Å². The Morgan fingerprint density at radius 2 is 1.93 bits per heavy atom. The summed E-state index contributed by atoms with van der Waals surface area (Å²) in [6.07, 6.45) is 3.91. The van der Waals surface area contributed by atoms with Crippen LogP contribution in [0.15, 0.2) is 50.7 Å². The van der Waals surface area contributed by atoms with E-state index in [4.69, 9.17) is 8.83 Å². The van der Waals surface area contributed by atoms with Crippen molar-refractivity contribution in [2.24, 2.45) is 5.10 Å². The molecule has 0 aliphatic carbocycles. The summed E-state index contributed by atoms with van der Waals surface area (Å²) in [7, 11) is 0. The van der Waals surface area contributed by atoms with Gasteiger partial charge in [0, 0.05) is 4.75 Å². The summed E-state index contributed by atoms with van der Waals surface area (Å²) in [5.74, 6) is -1.72. The Kier molecular flexibility index (Phi) is 8.68. The fraction of sp³-hybridized carbons (Fsp3) is 0.417. The van der Waals surface area contributed by atoms with Crippen molar-refractivity contribution < 1.29 is 67.5 Å². The van der Waals surface area contributed by atoms with E-state index in [0.717, 1.165) is 9.91 Å². The van der Waals surface area contributed by atoms with Gasteiger partial charge >= 0.3 is 41.6 Å². The van der Waals surface area contributed by atoms with Crippen molar-refractivity contribution in [2.45, 2.75) is 48.5 Å². The molecule has 0 spiro atoms. The molecule has 5 heterocycles. The number of nitrogens with zero attached hydrogens (tertiary/aromatic N) is 4. The summed E-state index contributed by atoms with van der Waals surface area (Å²) in [5.41, 5.74) is 0. The van der Waals surface area contributed by atoms with E-state index in [0.29, 0.717) is 5.76 Å². The van der Waals surface area contributed by atoms with E-state index >= 15 is 0 Å². The van der Waals surface area contributed by atoms with Gasteiger partial charge in [-0.1, -0.05) is 0 Å². The fourth-order valence-corrected chi connectivity index (χ4v) is 6.42. The molecule has 1 unspecified atom stereocenters. The fourth-order valence-electron chi connectivity index (χ4n) is 4.80. The maximum absolute atomic E-state index is 13.0. The second kappa shape index (κ2) is 11.7. The summed E-state index contributed by atoms with van der Waals surface area (Å²) in [5, 5.41) is 21.5. The molecule has 3 aliphatic heterocycles. The van der Waals surface area contributed by atoms with Crippen LogP contribution in [0.3, 0.4) is 0 Å². The molecule has 2 aromatic rings. The summed E-state index contributed by atoms with van der Waals surface area (Å²) in [6.45, 7) is 3.64.